The highest BCUT2D eigenvalue weighted by Gasteiger charge is 2.21. The summed E-state index contributed by atoms with van der Waals surface area (Å²) >= 11 is 0. The molecule has 3 aromatic rings. The van der Waals surface area contributed by atoms with E-state index in [0.29, 0.717) is 34.9 Å². The number of allylic oxidation sites excluding steroid dienone is 1. The first kappa shape index (κ1) is 16.9. The van der Waals surface area contributed by atoms with Crippen LogP contribution >= 0.6 is 0 Å². The molecule has 27 heavy (non-hydrogen) atoms. The van der Waals surface area contributed by atoms with Crippen LogP contribution in [0.4, 0.5) is 0 Å². The molecule has 0 bridgehead atoms. The first-order chi connectivity index (χ1) is 13.1. The Morgan fingerprint density at radius 2 is 2.11 bits per heavy atom. The molecule has 0 saturated carbocycles. The van der Waals surface area contributed by atoms with Crippen LogP contribution in [0.1, 0.15) is 17.4 Å². The third kappa shape index (κ3) is 2.75. The van der Waals surface area contributed by atoms with Crippen LogP contribution in [0.3, 0.4) is 0 Å². The molecule has 138 valence electrons. The van der Waals surface area contributed by atoms with Gasteiger partial charge in [0, 0.05) is 12.6 Å². The van der Waals surface area contributed by atoms with Gasteiger partial charge in [0.15, 0.2) is 22.8 Å². The van der Waals surface area contributed by atoms with Crippen LogP contribution in [0.15, 0.2) is 47.8 Å². The Morgan fingerprint density at radius 3 is 2.89 bits per heavy atom. The van der Waals surface area contributed by atoms with Gasteiger partial charge in [-0.1, -0.05) is 6.08 Å². The van der Waals surface area contributed by atoms with Crippen LogP contribution in [0.5, 0.6) is 11.5 Å². The summed E-state index contributed by atoms with van der Waals surface area (Å²) in [5.74, 6) is 0.618. The van der Waals surface area contributed by atoms with Crippen molar-refractivity contribution in [2.24, 2.45) is 0 Å². The lowest BCUT2D eigenvalue weighted by Crippen LogP contribution is -2.22. The lowest BCUT2D eigenvalue weighted by Gasteiger charge is -2.05. The number of imidazole rings is 1. The fraction of sp³-hybridized carbons (Fsp3) is 0.211. The predicted octanol–water partition coefficient (Wildman–Crippen LogP) is 2.28. The SMILES string of the molecule is C=CCn1c(=O)n(-c2ccc3c(c2)OCO3)c2nc(C(=O)OCC)ccc21. The van der Waals surface area contributed by atoms with Gasteiger partial charge >= 0.3 is 11.7 Å². The van der Waals surface area contributed by atoms with Crippen LogP contribution in [-0.4, -0.2) is 33.5 Å². The van der Waals surface area contributed by atoms with Gasteiger partial charge < -0.3 is 14.2 Å². The molecular weight excluding hydrogens is 350 g/mol. The molecule has 2 aromatic heterocycles. The summed E-state index contributed by atoms with van der Waals surface area (Å²) in [7, 11) is 0. The third-order valence-electron chi connectivity index (χ3n) is 4.19. The molecule has 0 fully saturated rings. The second kappa shape index (κ2) is 6.64. The van der Waals surface area contributed by atoms with Gasteiger partial charge in [-0.25, -0.2) is 19.1 Å². The van der Waals surface area contributed by atoms with Gasteiger partial charge in [0.25, 0.3) is 0 Å². The van der Waals surface area contributed by atoms with Crippen LogP contribution in [-0.2, 0) is 11.3 Å². The monoisotopic (exact) mass is 367 g/mol. The smallest absolute Gasteiger partial charge is 0.357 e. The first-order valence-electron chi connectivity index (χ1n) is 8.44. The van der Waals surface area contributed by atoms with E-state index in [2.05, 4.69) is 11.6 Å². The van der Waals surface area contributed by atoms with Crippen LogP contribution in [0.25, 0.3) is 16.9 Å². The number of carbonyl (C=O) groups excluding carboxylic acids is 1. The van der Waals surface area contributed by atoms with Crippen molar-refractivity contribution in [3.8, 4) is 17.2 Å². The molecule has 3 heterocycles. The number of ether oxygens (including phenoxy) is 3. The molecule has 0 saturated heterocycles. The van der Waals surface area contributed by atoms with Gasteiger partial charge in [-0.3, -0.25) is 4.57 Å². The molecule has 1 aliphatic heterocycles. The third-order valence-corrected chi connectivity index (χ3v) is 4.19. The Morgan fingerprint density at radius 1 is 1.30 bits per heavy atom. The first-order valence-corrected chi connectivity index (χ1v) is 8.44. The molecule has 0 radical (unpaired) electrons. The van der Waals surface area contributed by atoms with Crippen molar-refractivity contribution >= 4 is 17.1 Å². The summed E-state index contributed by atoms with van der Waals surface area (Å²) in [5, 5.41) is 0. The standard InChI is InChI=1S/C19H17N3O5/c1-3-9-21-14-7-6-13(18(23)25-4-2)20-17(14)22(19(21)24)12-5-8-15-16(10-12)27-11-26-15/h3,5-8,10H,1,4,9,11H2,2H3. The van der Waals surface area contributed by atoms with E-state index in [1.54, 1.807) is 43.3 Å². The van der Waals surface area contributed by atoms with Gasteiger partial charge in [0.2, 0.25) is 6.79 Å². The summed E-state index contributed by atoms with van der Waals surface area (Å²) in [4.78, 5) is 29.5. The normalized spacial score (nSPS) is 12.3. The highest BCUT2D eigenvalue weighted by molar-refractivity contribution is 5.90. The second-order valence-corrected chi connectivity index (χ2v) is 5.81. The maximum Gasteiger partial charge on any atom is 0.357 e. The van der Waals surface area contributed by atoms with Gasteiger partial charge in [0.05, 0.1) is 17.8 Å². The van der Waals surface area contributed by atoms with E-state index < -0.39 is 5.97 Å². The highest BCUT2D eigenvalue weighted by Crippen LogP contribution is 2.34. The van der Waals surface area contributed by atoms with E-state index in [1.165, 1.54) is 9.13 Å². The van der Waals surface area contributed by atoms with E-state index in [1.807, 2.05) is 0 Å². The average Bonchev–Trinajstić information content (AvgIpc) is 3.24. The predicted molar refractivity (Wildman–Crippen MR) is 97.6 cm³/mol. The minimum Gasteiger partial charge on any atom is -0.461 e. The quantitative estimate of drug-likeness (QED) is 0.508. The van der Waals surface area contributed by atoms with Crippen LogP contribution < -0.4 is 15.2 Å². The largest absolute Gasteiger partial charge is 0.461 e. The van der Waals surface area contributed by atoms with E-state index in [9.17, 15) is 9.59 Å². The number of pyridine rings is 1. The molecule has 4 rings (SSSR count). The van der Waals surface area contributed by atoms with Crippen molar-refractivity contribution in [2.75, 3.05) is 13.4 Å². The molecular formula is C19H17N3O5. The molecule has 8 heteroatoms. The Hall–Kier alpha value is -3.55. The molecule has 0 atom stereocenters. The lowest BCUT2D eigenvalue weighted by atomic mass is 10.2. The average molecular weight is 367 g/mol. The summed E-state index contributed by atoms with van der Waals surface area (Å²) in [5.41, 5.74) is 1.34. The molecule has 0 unspecified atom stereocenters. The molecule has 8 nitrogen and oxygen atoms in total. The Balaban J connectivity index is 1.96. The minimum atomic E-state index is -0.541. The number of esters is 1. The fourth-order valence-corrected chi connectivity index (χ4v) is 3.01. The molecule has 0 aliphatic carbocycles. The van der Waals surface area contributed by atoms with Gasteiger partial charge in [-0.2, -0.15) is 0 Å². The molecule has 0 N–H and O–H groups in total. The van der Waals surface area contributed by atoms with Crippen molar-refractivity contribution in [2.45, 2.75) is 13.5 Å². The maximum atomic E-state index is 13.0. The molecule has 0 spiro atoms. The maximum absolute atomic E-state index is 13.0. The van der Waals surface area contributed by atoms with E-state index in [-0.39, 0.29) is 24.8 Å². The molecule has 1 aliphatic rings. The summed E-state index contributed by atoms with van der Waals surface area (Å²) < 4.78 is 18.7. The number of hydrogen-bond donors (Lipinski definition) is 0. The van der Waals surface area contributed by atoms with Crippen molar-refractivity contribution in [1.82, 2.24) is 14.1 Å². The summed E-state index contributed by atoms with van der Waals surface area (Å²) in [6.45, 7) is 6.11. The Labute approximate surface area is 154 Å². The minimum absolute atomic E-state index is 0.134. The van der Waals surface area contributed by atoms with Crippen LogP contribution in [0.2, 0.25) is 0 Å². The number of nitrogens with zero attached hydrogens (tertiary/aromatic N) is 3. The van der Waals surface area contributed by atoms with Crippen molar-refractivity contribution < 1.29 is 19.0 Å². The summed E-state index contributed by atoms with van der Waals surface area (Å²) in [6.07, 6.45) is 1.63. The number of hydrogen-bond acceptors (Lipinski definition) is 6. The highest BCUT2D eigenvalue weighted by atomic mass is 16.7. The van der Waals surface area contributed by atoms with Gasteiger partial charge in [-0.05, 0) is 31.2 Å². The fourth-order valence-electron chi connectivity index (χ4n) is 3.01. The molecule has 1 aromatic carbocycles. The zero-order chi connectivity index (χ0) is 19.0. The zero-order valence-corrected chi connectivity index (χ0v) is 14.7. The molecule has 0 amide bonds. The topological polar surface area (TPSA) is 84.6 Å². The Bertz CT molecular complexity index is 1110. The van der Waals surface area contributed by atoms with Crippen molar-refractivity contribution in [3.63, 3.8) is 0 Å². The lowest BCUT2D eigenvalue weighted by molar-refractivity contribution is 0.0520. The van der Waals surface area contributed by atoms with Crippen molar-refractivity contribution in [1.29, 1.82) is 0 Å². The van der Waals surface area contributed by atoms with Crippen LogP contribution in [0, 0.1) is 0 Å². The van der Waals surface area contributed by atoms with Gasteiger partial charge in [-0.15, -0.1) is 6.58 Å². The number of benzene rings is 1. The number of fused-ring (bicyclic) bond motifs is 2. The Kier molecular flexibility index (Phi) is 4.15. The summed E-state index contributed by atoms with van der Waals surface area (Å²) in [6, 6.07) is 8.41. The van der Waals surface area contributed by atoms with Crippen molar-refractivity contribution in [3.05, 3.63) is 59.2 Å². The van der Waals surface area contributed by atoms with E-state index >= 15 is 0 Å². The van der Waals surface area contributed by atoms with E-state index in [0.717, 1.165) is 0 Å². The zero-order valence-electron chi connectivity index (χ0n) is 14.7. The number of carbonyl (C=O) groups is 1. The van der Waals surface area contributed by atoms with Gasteiger partial charge in [0.1, 0.15) is 0 Å². The number of aromatic nitrogens is 3. The second-order valence-electron chi connectivity index (χ2n) is 5.81. The van der Waals surface area contributed by atoms with E-state index in [4.69, 9.17) is 14.2 Å². The number of rotatable bonds is 5.